The molecule has 0 saturated carbocycles. The summed E-state index contributed by atoms with van der Waals surface area (Å²) in [6.07, 6.45) is 1.83. The highest BCUT2D eigenvalue weighted by Gasteiger charge is 2.16. The van der Waals surface area contributed by atoms with E-state index in [2.05, 4.69) is 11.9 Å². The van der Waals surface area contributed by atoms with Crippen LogP contribution in [0.2, 0.25) is 0 Å². The Kier molecular flexibility index (Phi) is 3.44. The lowest BCUT2D eigenvalue weighted by molar-refractivity contribution is 0.309. The van der Waals surface area contributed by atoms with Crippen molar-refractivity contribution in [2.45, 2.75) is 25.8 Å². The van der Waals surface area contributed by atoms with Gasteiger partial charge in [0.1, 0.15) is 12.4 Å². The summed E-state index contributed by atoms with van der Waals surface area (Å²) in [5.74, 6) is 1.74. The number of aliphatic imine (C=N–C) groups is 1. The molecular formula is C13H17NO2. The van der Waals surface area contributed by atoms with Gasteiger partial charge in [-0.1, -0.05) is 19.1 Å². The third-order valence-electron chi connectivity index (χ3n) is 2.75. The Morgan fingerprint density at radius 2 is 2.12 bits per heavy atom. The highest BCUT2D eigenvalue weighted by Crippen LogP contribution is 2.15. The summed E-state index contributed by atoms with van der Waals surface area (Å²) in [7, 11) is 1.67. The van der Waals surface area contributed by atoms with Crippen molar-refractivity contribution < 1.29 is 9.47 Å². The predicted octanol–water partition coefficient (Wildman–Crippen LogP) is 2.45. The molecule has 2 rings (SSSR count). The number of hydrogen-bond donors (Lipinski definition) is 0. The van der Waals surface area contributed by atoms with Crippen LogP contribution < -0.4 is 4.74 Å². The van der Waals surface area contributed by atoms with E-state index in [0.29, 0.717) is 6.04 Å². The van der Waals surface area contributed by atoms with E-state index in [-0.39, 0.29) is 0 Å². The fourth-order valence-corrected chi connectivity index (χ4v) is 1.69. The van der Waals surface area contributed by atoms with Crippen LogP contribution in [0.3, 0.4) is 0 Å². The highest BCUT2D eigenvalue weighted by molar-refractivity contribution is 5.80. The molecule has 86 valence electrons. The average Bonchev–Trinajstić information content (AvgIpc) is 2.78. The van der Waals surface area contributed by atoms with Crippen molar-refractivity contribution in [3.8, 4) is 5.75 Å². The fraction of sp³-hybridized carbons (Fsp3) is 0.462. The van der Waals surface area contributed by atoms with Gasteiger partial charge in [-0.05, 0) is 24.1 Å². The molecule has 1 unspecified atom stereocenters. The van der Waals surface area contributed by atoms with Crippen LogP contribution in [0.4, 0.5) is 0 Å². The van der Waals surface area contributed by atoms with E-state index in [9.17, 15) is 0 Å². The Bertz CT molecular complexity index is 370. The molecule has 1 aliphatic heterocycles. The second-order valence-electron chi connectivity index (χ2n) is 3.92. The zero-order chi connectivity index (χ0) is 11.4. The third kappa shape index (κ3) is 2.54. The van der Waals surface area contributed by atoms with Gasteiger partial charge in [0.15, 0.2) is 5.90 Å². The first-order chi connectivity index (χ1) is 7.81. The molecule has 0 aromatic heterocycles. The first-order valence-electron chi connectivity index (χ1n) is 5.64. The first-order valence-corrected chi connectivity index (χ1v) is 5.64. The number of benzene rings is 1. The smallest absolute Gasteiger partial charge is 0.188 e. The first kappa shape index (κ1) is 11.0. The molecule has 0 radical (unpaired) electrons. The molecule has 3 nitrogen and oxygen atoms in total. The van der Waals surface area contributed by atoms with Crippen LogP contribution in [-0.4, -0.2) is 25.7 Å². The zero-order valence-electron chi connectivity index (χ0n) is 9.77. The summed E-state index contributed by atoms with van der Waals surface area (Å²) in [6.45, 7) is 2.87. The lowest BCUT2D eigenvalue weighted by atomic mass is 10.1. The van der Waals surface area contributed by atoms with Crippen molar-refractivity contribution in [1.82, 2.24) is 0 Å². The number of nitrogens with zero attached hydrogens (tertiary/aromatic N) is 1. The van der Waals surface area contributed by atoms with Gasteiger partial charge in [0.05, 0.1) is 13.2 Å². The van der Waals surface area contributed by atoms with Crippen molar-refractivity contribution in [2.75, 3.05) is 13.7 Å². The predicted molar refractivity (Wildman–Crippen MR) is 64.2 cm³/mol. The summed E-state index contributed by atoms with van der Waals surface area (Å²) in [5.41, 5.74) is 1.20. The average molecular weight is 219 g/mol. The van der Waals surface area contributed by atoms with Crippen LogP contribution in [0.1, 0.15) is 18.9 Å². The Morgan fingerprint density at radius 3 is 2.69 bits per heavy atom. The lowest BCUT2D eigenvalue weighted by Gasteiger charge is -2.03. The van der Waals surface area contributed by atoms with Gasteiger partial charge in [-0.2, -0.15) is 0 Å². The largest absolute Gasteiger partial charge is 0.497 e. The molecule has 1 aliphatic rings. The molecule has 0 amide bonds. The van der Waals surface area contributed by atoms with E-state index in [0.717, 1.165) is 31.1 Å². The van der Waals surface area contributed by atoms with Gasteiger partial charge in [-0.15, -0.1) is 0 Å². The number of hydrogen-bond acceptors (Lipinski definition) is 3. The normalized spacial score (nSPS) is 19.1. The minimum atomic E-state index is 0.355. The number of ether oxygens (including phenoxy) is 2. The molecule has 0 fully saturated rings. The molecule has 0 bridgehead atoms. The van der Waals surface area contributed by atoms with Crippen molar-refractivity contribution >= 4 is 5.90 Å². The van der Waals surface area contributed by atoms with Crippen LogP contribution >= 0.6 is 0 Å². The second-order valence-corrected chi connectivity index (χ2v) is 3.92. The Balaban J connectivity index is 1.99. The monoisotopic (exact) mass is 219 g/mol. The Labute approximate surface area is 96.1 Å². The second kappa shape index (κ2) is 5.01. The molecule has 1 aromatic carbocycles. The zero-order valence-corrected chi connectivity index (χ0v) is 9.77. The van der Waals surface area contributed by atoms with Gasteiger partial charge >= 0.3 is 0 Å². The van der Waals surface area contributed by atoms with Crippen LogP contribution in [0.15, 0.2) is 29.3 Å². The van der Waals surface area contributed by atoms with Gasteiger partial charge in [0, 0.05) is 6.42 Å². The Hall–Kier alpha value is -1.51. The quantitative estimate of drug-likeness (QED) is 0.778. The van der Waals surface area contributed by atoms with Crippen LogP contribution in [0.5, 0.6) is 5.75 Å². The summed E-state index contributed by atoms with van der Waals surface area (Å²) in [4.78, 5) is 4.51. The maximum absolute atomic E-state index is 5.54. The van der Waals surface area contributed by atoms with E-state index in [1.807, 2.05) is 24.3 Å². The SMILES string of the molecule is CCC1COC(Cc2ccc(OC)cc2)=N1. The van der Waals surface area contributed by atoms with Gasteiger partial charge in [0.2, 0.25) is 0 Å². The van der Waals surface area contributed by atoms with Crippen LogP contribution in [0, 0.1) is 0 Å². The molecule has 1 heterocycles. The van der Waals surface area contributed by atoms with Crippen LogP contribution in [0.25, 0.3) is 0 Å². The number of methoxy groups -OCH3 is 1. The maximum Gasteiger partial charge on any atom is 0.188 e. The molecular weight excluding hydrogens is 202 g/mol. The third-order valence-corrected chi connectivity index (χ3v) is 2.75. The van der Waals surface area contributed by atoms with Crippen molar-refractivity contribution in [3.63, 3.8) is 0 Å². The summed E-state index contributed by atoms with van der Waals surface area (Å²) < 4.78 is 10.6. The van der Waals surface area contributed by atoms with Gasteiger partial charge in [-0.25, -0.2) is 4.99 Å². The fourth-order valence-electron chi connectivity index (χ4n) is 1.69. The number of rotatable bonds is 4. The van der Waals surface area contributed by atoms with E-state index in [1.165, 1.54) is 5.56 Å². The molecule has 3 heteroatoms. The van der Waals surface area contributed by atoms with Gasteiger partial charge < -0.3 is 9.47 Å². The van der Waals surface area contributed by atoms with Gasteiger partial charge in [-0.3, -0.25) is 0 Å². The molecule has 0 N–H and O–H groups in total. The Morgan fingerprint density at radius 1 is 1.38 bits per heavy atom. The highest BCUT2D eigenvalue weighted by atomic mass is 16.5. The molecule has 1 aromatic rings. The summed E-state index contributed by atoms with van der Waals surface area (Å²) in [5, 5.41) is 0. The minimum absolute atomic E-state index is 0.355. The maximum atomic E-state index is 5.54. The van der Waals surface area contributed by atoms with Crippen molar-refractivity contribution in [2.24, 2.45) is 4.99 Å². The minimum Gasteiger partial charge on any atom is -0.497 e. The van der Waals surface area contributed by atoms with E-state index in [4.69, 9.17) is 9.47 Å². The summed E-state index contributed by atoms with van der Waals surface area (Å²) in [6, 6.07) is 8.37. The topological polar surface area (TPSA) is 30.8 Å². The van der Waals surface area contributed by atoms with Crippen molar-refractivity contribution in [3.05, 3.63) is 29.8 Å². The molecule has 0 spiro atoms. The van der Waals surface area contributed by atoms with Crippen molar-refractivity contribution in [1.29, 1.82) is 0 Å². The molecule has 16 heavy (non-hydrogen) atoms. The lowest BCUT2D eigenvalue weighted by Crippen LogP contribution is -2.04. The molecule has 0 aliphatic carbocycles. The van der Waals surface area contributed by atoms with Gasteiger partial charge in [0.25, 0.3) is 0 Å². The van der Waals surface area contributed by atoms with Crippen LogP contribution in [-0.2, 0) is 11.2 Å². The standard InChI is InChI=1S/C13H17NO2/c1-3-11-9-16-13(14-11)8-10-4-6-12(15-2)7-5-10/h4-7,11H,3,8-9H2,1-2H3. The van der Waals surface area contributed by atoms with E-state index >= 15 is 0 Å². The molecule has 0 saturated heterocycles. The molecule has 1 atom stereocenters. The summed E-state index contributed by atoms with van der Waals surface area (Å²) >= 11 is 0. The van der Waals surface area contributed by atoms with E-state index in [1.54, 1.807) is 7.11 Å². The van der Waals surface area contributed by atoms with E-state index < -0.39 is 0 Å².